The maximum atomic E-state index is 10.2. The van der Waals surface area contributed by atoms with E-state index in [-0.39, 0.29) is 11.3 Å². The van der Waals surface area contributed by atoms with Crippen molar-refractivity contribution in [3.63, 3.8) is 0 Å². The molecule has 2 heterocycles. The van der Waals surface area contributed by atoms with E-state index in [2.05, 4.69) is 9.40 Å². The number of aromatic carboxylic acids is 2. The molecular formula is C11H9NO5. The van der Waals surface area contributed by atoms with Crippen LogP contribution in [-0.2, 0) is 0 Å². The highest BCUT2D eigenvalue weighted by Gasteiger charge is 2.01. The lowest BCUT2D eigenvalue weighted by atomic mass is 10.3. The number of carbonyl (C=O) groups is 2. The molecule has 17 heavy (non-hydrogen) atoms. The number of rotatable bonds is 2. The lowest BCUT2D eigenvalue weighted by Crippen LogP contribution is -1.94. The van der Waals surface area contributed by atoms with Gasteiger partial charge in [0.1, 0.15) is 0 Å². The molecule has 0 unspecified atom stereocenters. The molecule has 6 nitrogen and oxygen atoms in total. The van der Waals surface area contributed by atoms with Gasteiger partial charge in [-0.25, -0.2) is 9.59 Å². The Morgan fingerprint density at radius 1 is 1.12 bits per heavy atom. The summed E-state index contributed by atoms with van der Waals surface area (Å²) < 4.78 is 4.50. The second-order valence-electron chi connectivity index (χ2n) is 2.83. The van der Waals surface area contributed by atoms with Gasteiger partial charge in [-0.05, 0) is 24.3 Å². The Kier molecular flexibility index (Phi) is 4.44. The van der Waals surface area contributed by atoms with Gasteiger partial charge in [0.05, 0.1) is 11.8 Å². The Morgan fingerprint density at radius 2 is 1.88 bits per heavy atom. The van der Waals surface area contributed by atoms with Gasteiger partial charge in [-0.3, -0.25) is 4.98 Å². The van der Waals surface area contributed by atoms with E-state index in [9.17, 15) is 9.59 Å². The van der Waals surface area contributed by atoms with Crippen LogP contribution in [0.1, 0.15) is 20.9 Å². The zero-order valence-electron chi connectivity index (χ0n) is 8.61. The summed E-state index contributed by atoms with van der Waals surface area (Å²) >= 11 is 0. The third-order valence-electron chi connectivity index (χ3n) is 1.64. The van der Waals surface area contributed by atoms with Gasteiger partial charge in [0.25, 0.3) is 0 Å². The maximum Gasteiger partial charge on any atom is 0.371 e. The first kappa shape index (κ1) is 12.4. The zero-order valence-corrected chi connectivity index (χ0v) is 8.61. The molecule has 0 saturated carbocycles. The highest BCUT2D eigenvalue weighted by atomic mass is 16.4. The summed E-state index contributed by atoms with van der Waals surface area (Å²) in [5.74, 6) is -2.00. The average Bonchev–Trinajstić information content (AvgIpc) is 2.84. The van der Waals surface area contributed by atoms with Crippen molar-refractivity contribution >= 4 is 11.9 Å². The monoisotopic (exact) mass is 235 g/mol. The van der Waals surface area contributed by atoms with Crippen molar-refractivity contribution in [1.82, 2.24) is 4.98 Å². The minimum absolute atomic E-state index is 0.0231. The molecule has 2 N–H and O–H groups in total. The largest absolute Gasteiger partial charge is 0.478 e. The third kappa shape index (κ3) is 4.17. The number of carboxylic acids is 2. The van der Waals surface area contributed by atoms with Crippen molar-refractivity contribution in [1.29, 1.82) is 0 Å². The fourth-order valence-corrected chi connectivity index (χ4v) is 0.890. The van der Waals surface area contributed by atoms with Gasteiger partial charge < -0.3 is 14.6 Å². The molecule has 0 bridgehead atoms. The van der Waals surface area contributed by atoms with Gasteiger partial charge in [0.15, 0.2) is 0 Å². The first-order valence-electron chi connectivity index (χ1n) is 4.51. The molecule has 0 amide bonds. The summed E-state index contributed by atoms with van der Waals surface area (Å²) in [5, 5.41) is 16.5. The van der Waals surface area contributed by atoms with Crippen LogP contribution in [0.4, 0.5) is 0 Å². The number of hydrogen-bond acceptors (Lipinski definition) is 4. The quantitative estimate of drug-likeness (QED) is 0.822. The van der Waals surface area contributed by atoms with Crippen molar-refractivity contribution in [2.75, 3.05) is 0 Å². The van der Waals surface area contributed by atoms with E-state index in [1.807, 2.05) is 0 Å². The predicted molar refractivity (Wildman–Crippen MR) is 56.9 cm³/mol. The maximum absolute atomic E-state index is 10.2. The lowest BCUT2D eigenvalue weighted by molar-refractivity contribution is 0.0659. The normalized spacial score (nSPS) is 8.94. The first-order valence-corrected chi connectivity index (χ1v) is 4.51. The molecule has 0 aliphatic carbocycles. The van der Waals surface area contributed by atoms with Gasteiger partial charge >= 0.3 is 11.9 Å². The molecule has 2 aromatic heterocycles. The Hall–Kier alpha value is -2.63. The summed E-state index contributed by atoms with van der Waals surface area (Å²) in [4.78, 5) is 23.8. The second kappa shape index (κ2) is 6.06. The van der Waals surface area contributed by atoms with E-state index in [1.165, 1.54) is 36.9 Å². The van der Waals surface area contributed by atoms with Crippen LogP contribution in [0, 0.1) is 0 Å². The van der Waals surface area contributed by atoms with Gasteiger partial charge in [-0.15, -0.1) is 0 Å². The molecule has 2 rings (SSSR count). The first-order chi connectivity index (χ1) is 8.11. The fourth-order valence-electron chi connectivity index (χ4n) is 0.890. The number of furan rings is 1. The Labute approximate surface area is 96.1 Å². The van der Waals surface area contributed by atoms with E-state index < -0.39 is 11.9 Å². The van der Waals surface area contributed by atoms with Crippen LogP contribution in [0.3, 0.4) is 0 Å². The minimum Gasteiger partial charge on any atom is -0.478 e. The fraction of sp³-hybridized carbons (Fsp3) is 0. The molecule has 0 aromatic carbocycles. The van der Waals surface area contributed by atoms with Crippen molar-refractivity contribution in [3.8, 4) is 0 Å². The van der Waals surface area contributed by atoms with Gasteiger partial charge in [-0.2, -0.15) is 0 Å². The van der Waals surface area contributed by atoms with E-state index in [0.717, 1.165) is 0 Å². The zero-order chi connectivity index (χ0) is 12.7. The van der Waals surface area contributed by atoms with Crippen molar-refractivity contribution in [2.24, 2.45) is 0 Å². The predicted octanol–water partition coefficient (Wildman–Crippen LogP) is 1.76. The molecule has 0 saturated heterocycles. The average molecular weight is 235 g/mol. The van der Waals surface area contributed by atoms with Crippen LogP contribution in [-0.4, -0.2) is 27.1 Å². The number of nitrogens with zero attached hydrogens (tertiary/aromatic N) is 1. The van der Waals surface area contributed by atoms with Gasteiger partial charge in [0.2, 0.25) is 5.76 Å². The molecule has 0 atom stereocenters. The Bertz CT molecular complexity index is 478. The minimum atomic E-state index is -1.03. The third-order valence-corrected chi connectivity index (χ3v) is 1.64. The van der Waals surface area contributed by atoms with Gasteiger partial charge in [-0.1, -0.05) is 0 Å². The van der Waals surface area contributed by atoms with E-state index >= 15 is 0 Å². The van der Waals surface area contributed by atoms with E-state index in [1.54, 1.807) is 6.07 Å². The van der Waals surface area contributed by atoms with Crippen LogP contribution < -0.4 is 0 Å². The summed E-state index contributed by atoms with van der Waals surface area (Å²) in [6, 6.07) is 6.00. The molecule has 88 valence electrons. The number of hydrogen-bond donors (Lipinski definition) is 2. The van der Waals surface area contributed by atoms with Crippen molar-refractivity contribution in [2.45, 2.75) is 0 Å². The van der Waals surface area contributed by atoms with Crippen LogP contribution in [0.2, 0.25) is 0 Å². The number of aromatic nitrogens is 1. The highest BCUT2D eigenvalue weighted by Crippen LogP contribution is 1.97. The standard InChI is InChI=1S/C6H5NO2.C5H4O3/c8-6(9)5-2-1-3-7-4-5;6-5(7)4-2-1-3-8-4/h1-4H,(H,8,9);1-3H,(H,6,7). The summed E-state index contributed by atoms with van der Waals surface area (Å²) in [6.45, 7) is 0. The molecule has 0 aliphatic heterocycles. The molecule has 0 aliphatic rings. The Balaban J connectivity index is 0.000000171. The summed E-state index contributed by atoms with van der Waals surface area (Å²) in [6.07, 6.45) is 4.16. The van der Waals surface area contributed by atoms with Crippen LogP contribution in [0.15, 0.2) is 47.3 Å². The van der Waals surface area contributed by atoms with Crippen molar-refractivity contribution in [3.05, 3.63) is 54.2 Å². The molecule has 2 aromatic rings. The smallest absolute Gasteiger partial charge is 0.371 e. The molecule has 0 radical (unpaired) electrons. The van der Waals surface area contributed by atoms with E-state index in [0.29, 0.717) is 0 Å². The SMILES string of the molecule is O=C(O)c1cccnc1.O=C(O)c1ccco1. The van der Waals surface area contributed by atoms with Crippen LogP contribution in [0.25, 0.3) is 0 Å². The van der Waals surface area contributed by atoms with E-state index in [4.69, 9.17) is 10.2 Å². The molecule has 0 fully saturated rings. The van der Waals surface area contributed by atoms with Crippen LogP contribution >= 0.6 is 0 Å². The van der Waals surface area contributed by atoms with Crippen molar-refractivity contribution < 1.29 is 24.2 Å². The van der Waals surface area contributed by atoms with Crippen LogP contribution in [0.5, 0.6) is 0 Å². The highest BCUT2D eigenvalue weighted by molar-refractivity contribution is 5.86. The molecular weight excluding hydrogens is 226 g/mol. The summed E-state index contributed by atoms with van der Waals surface area (Å²) in [7, 11) is 0. The lowest BCUT2D eigenvalue weighted by Gasteiger charge is -1.87. The van der Waals surface area contributed by atoms with Gasteiger partial charge in [0, 0.05) is 12.4 Å². The Morgan fingerprint density at radius 3 is 2.18 bits per heavy atom. The summed E-state index contributed by atoms with van der Waals surface area (Å²) in [5.41, 5.74) is 0.220. The topological polar surface area (TPSA) is 101 Å². The number of carboxylic acid groups (broad SMARTS) is 2. The molecule has 0 spiro atoms. The molecule has 6 heteroatoms. The second-order valence-corrected chi connectivity index (χ2v) is 2.83. The number of pyridine rings is 1.